The van der Waals surface area contributed by atoms with Crippen LogP contribution in [0.2, 0.25) is 5.02 Å². The maximum Gasteiger partial charge on any atom is 0.244 e. The lowest BCUT2D eigenvalue weighted by molar-refractivity contribution is 0.398. The largest absolute Gasteiger partial charge is 0.329 e. The molecule has 9 heteroatoms. The molecule has 1 aliphatic carbocycles. The van der Waals surface area contributed by atoms with E-state index in [1.807, 2.05) is 0 Å². The summed E-state index contributed by atoms with van der Waals surface area (Å²) in [5, 5.41) is 0.139. The van der Waals surface area contributed by atoms with Crippen molar-refractivity contribution in [1.29, 1.82) is 0 Å². The van der Waals surface area contributed by atoms with Crippen molar-refractivity contribution in [3.8, 4) is 0 Å². The molecule has 0 heterocycles. The zero-order chi connectivity index (χ0) is 15.0. The van der Waals surface area contributed by atoms with Gasteiger partial charge in [0.2, 0.25) is 10.0 Å². The number of rotatable bonds is 4. The number of sulfonamides is 1. The summed E-state index contributed by atoms with van der Waals surface area (Å²) in [6.45, 7) is 0.193. The van der Waals surface area contributed by atoms with Gasteiger partial charge in [0.1, 0.15) is 10.7 Å². The van der Waals surface area contributed by atoms with Gasteiger partial charge in [-0.15, -0.1) is 12.4 Å². The van der Waals surface area contributed by atoms with E-state index in [0.717, 1.165) is 25.0 Å². The van der Waals surface area contributed by atoms with Crippen LogP contribution in [-0.4, -0.2) is 20.5 Å². The minimum atomic E-state index is -3.99. The first-order chi connectivity index (χ1) is 9.30. The highest BCUT2D eigenvalue weighted by atomic mass is 79.9. The second-order valence-corrected chi connectivity index (χ2v) is 7.91. The summed E-state index contributed by atoms with van der Waals surface area (Å²) in [5.74, 6) is -0.848. The van der Waals surface area contributed by atoms with E-state index in [9.17, 15) is 12.8 Å². The Balaban J connectivity index is 0.00000220. The Bertz CT molecular complexity index is 622. The first kappa shape index (κ1) is 19.1. The monoisotopic (exact) mass is 420 g/mol. The quantitative estimate of drug-likeness (QED) is 0.733. The van der Waals surface area contributed by atoms with Gasteiger partial charge in [0, 0.05) is 16.6 Å². The predicted octanol–water partition coefficient (Wildman–Crippen LogP) is 3.21. The summed E-state index contributed by atoms with van der Waals surface area (Å²) in [6, 6.07) is 2.14. The highest BCUT2D eigenvalue weighted by Gasteiger charge is 2.37. The molecule has 0 bridgehead atoms. The molecular weight excluding hydrogens is 406 g/mol. The molecule has 0 spiro atoms. The van der Waals surface area contributed by atoms with Crippen molar-refractivity contribution in [2.75, 3.05) is 6.54 Å². The van der Waals surface area contributed by atoms with Crippen LogP contribution in [0.3, 0.4) is 0 Å². The van der Waals surface area contributed by atoms with Crippen LogP contribution in [0, 0.1) is 5.82 Å². The lowest BCUT2D eigenvalue weighted by Gasteiger charge is -2.28. The highest BCUT2D eigenvalue weighted by molar-refractivity contribution is 9.10. The molecule has 0 unspecified atom stereocenters. The number of benzene rings is 1. The summed E-state index contributed by atoms with van der Waals surface area (Å²) in [5.41, 5.74) is 5.02. The molecule has 1 aliphatic rings. The van der Waals surface area contributed by atoms with Gasteiger partial charge in [-0.25, -0.2) is 17.5 Å². The maximum atomic E-state index is 13.9. The Labute approximate surface area is 143 Å². The SMILES string of the molecule is Cl.NCC1(NS(=O)(=O)c2cc(Cl)c(Br)cc2F)CCCC1. The molecule has 0 aromatic heterocycles. The third-order valence-electron chi connectivity index (χ3n) is 3.57. The van der Waals surface area contributed by atoms with Crippen molar-refractivity contribution in [1.82, 2.24) is 4.72 Å². The molecule has 1 aromatic rings. The molecule has 0 atom stereocenters. The van der Waals surface area contributed by atoms with Crippen LogP contribution in [-0.2, 0) is 10.0 Å². The van der Waals surface area contributed by atoms with E-state index in [1.165, 1.54) is 0 Å². The minimum absolute atomic E-state index is 0. The average Bonchev–Trinajstić information content (AvgIpc) is 2.82. The Morgan fingerprint density at radius 1 is 1.38 bits per heavy atom. The van der Waals surface area contributed by atoms with Gasteiger partial charge < -0.3 is 5.73 Å². The number of hydrogen-bond donors (Lipinski definition) is 2. The van der Waals surface area contributed by atoms with Crippen molar-refractivity contribution in [3.63, 3.8) is 0 Å². The van der Waals surface area contributed by atoms with Crippen molar-refractivity contribution >= 4 is 50.0 Å². The lowest BCUT2D eigenvalue weighted by atomic mass is 10.0. The van der Waals surface area contributed by atoms with Gasteiger partial charge in [-0.1, -0.05) is 24.4 Å². The van der Waals surface area contributed by atoms with E-state index in [2.05, 4.69) is 20.7 Å². The molecule has 120 valence electrons. The fourth-order valence-electron chi connectivity index (χ4n) is 2.45. The van der Waals surface area contributed by atoms with Crippen LogP contribution < -0.4 is 10.5 Å². The van der Waals surface area contributed by atoms with Crippen LogP contribution in [0.15, 0.2) is 21.5 Å². The van der Waals surface area contributed by atoms with E-state index in [-0.39, 0.29) is 24.0 Å². The lowest BCUT2D eigenvalue weighted by Crippen LogP contribution is -2.51. The molecule has 21 heavy (non-hydrogen) atoms. The van der Waals surface area contributed by atoms with E-state index < -0.39 is 26.3 Å². The van der Waals surface area contributed by atoms with Crippen molar-refractivity contribution in [2.24, 2.45) is 5.73 Å². The van der Waals surface area contributed by atoms with E-state index in [0.29, 0.717) is 17.3 Å². The molecule has 0 radical (unpaired) electrons. The van der Waals surface area contributed by atoms with Gasteiger partial charge in [0.15, 0.2) is 0 Å². The number of nitrogens with one attached hydrogen (secondary N) is 1. The fraction of sp³-hybridized carbons (Fsp3) is 0.500. The molecule has 0 amide bonds. The number of hydrogen-bond acceptors (Lipinski definition) is 3. The van der Waals surface area contributed by atoms with Crippen LogP contribution in [0.5, 0.6) is 0 Å². The predicted molar refractivity (Wildman–Crippen MR) is 86.9 cm³/mol. The second kappa shape index (κ2) is 7.10. The summed E-state index contributed by atoms with van der Waals surface area (Å²) >= 11 is 8.90. The third kappa shape index (κ3) is 4.09. The Kier molecular flexibility index (Phi) is 6.47. The van der Waals surface area contributed by atoms with E-state index in [1.54, 1.807) is 0 Å². The van der Waals surface area contributed by atoms with Gasteiger partial charge in [0.25, 0.3) is 0 Å². The van der Waals surface area contributed by atoms with Crippen molar-refractivity contribution in [3.05, 3.63) is 27.4 Å². The van der Waals surface area contributed by atoms with Gasteiger partial charge in [0.05, 0.1) is 5.02 Å². The second-order valence-electron chi connectivity index (χ2n) is 4.99. The Hall–Kier alpha value is 0.0800. The molecule has 2 rings (SSSR count). The number of halogens is 4. The van der Waals surface area contributed by atoms with Crippen LogP contribution >= 0.6 is 39.9 Å². The van der Waals surface area contributed by atoms with Crippen LogP contribution in [0.4, 0.5) is 4.39 Å². The molecule has 4 nitrogen and oxygen atoms in total. The smallest absolute Gasteiger partial charge is 0.244 e. The highest BCUT2D eigenvalue weighted by Crippen LogP contribution is 2.32. The molecule has 3 N–H and O–H groups in total. The number of nitrogens with two attached hydrogens (primary N) is 1. The van der Waals surface area contributed by atoms with Gasteiger partial charge in [-0.2, -0.15) is 0 Å². The maximum absolute atomic E-state index is 13.9. The Morgan fingerprint density at radius 2 is 1.95 bits per heavy atom. The molecular formula is C12H16BrCl2FN2O2S. The van der Waals surface area contributed by atoms with Gasteiger partial charge in [-0.3, -0.25) is 0 Å². The molecule has 0 saturated heterocycles. The molecule has 1 aromatic carbocycles. The first-order valence-corrected chi connectivity index (χ1v) is 8.84. The first-order valence-electron chi connectivity index (χ1n) is 6.18. The van der Waals surface area contributed by atoms with Crippen LogP contribution in [0.1, 0.15) is 25.7 Å². The van der Waals surface area contributed by atoms with Crippen molar-refractivity contribution < 1.29 is 12.8 Å². The molecule has 0 aliphatic heterocycles. The molecule has 1 saturated carbocycles. The standard InChI is InChI=1S/C12H15BrClFN2O2S.ClH/c13-8-5-10(15)11(6-9(8)14)20(18,19)17-12(7-16)3-1-2-4-12;/h5-6,17H,1-4,7,16H2;1H. The minimum Gasteiger partial charge on any atom is -0.329 e. The summed E-state index contributed by atoms with van der Waals surface area (Å²) in [4.78, 5) is -0.453. The molecule has 1 fully saturated rings. The topological polar surface area (TPSA) is 72.2 Å². The average molecular weight is 422 g/mol. The third-order valence-corrected chi connectivity index (χ3v) is 6.36. The fourth-order valence-corrected chi connectivity index (χ4v) is 4.55. The zero-order valence-electron chi connectivity index (χ0n) is 11.0. The van der Waals surface area contributed by atoms with Gasteiger partial charge >= 0.3 is 0 Å². The summed E-state index contributed by atoms with van der Waals surface area (Å²) < 4.78 is 41.5. The summed E-state index contributed by atoms with van der Waals surface area (Å²) in [6.07, 6.45) is 3.13. The summed E-state index contributed by atoms with van der Waals surface area (Å²) in [7, 11) is -3.99. The van der Waals surface area contributed by atoms with E-state index in [4.69, 9.17) is 17.3 Å². The van der Waals surface area contributed by atoms with Crippen molar-refractivity contribution in [2.45, 2.75) is 36.1 Å². The normalized spacial score (nSPS) is 17.5. The van der Waals surface area contributed by atoms with E-state index >= 15 is 0 Å². The van der Waals surface area contributed by atoms with Crippen LogP contribution in [0.25, 0.3) is 0 Å². The zero-order valence-corrected chi connectivity index (χ0v) is 15.0. The van der Waals surface area contributed by atoms with Gasteiger partial charge in [-0.05, 0) is 40.9 Å². The Morgan fingerprint density at radius 3 is 2.48 bits per heavy atom.